The molecule has 4 heterocycles. The first kappa shape index (κ1) is 76.7. The van der Waals surface area contributed by atoms with Crippen LogP contribution in [0.3, 0.4) is 0 Å². The third-order valence-corrected chi connectivity index (χ3v) is 19.8. The number of nitrogens with zero attached hydrogens (tertiary/aromatic N) is 1. The molecule has 19 nitrogen and oxygen atoms in total. The minimum Gasteiger partial charge on any atom is -0.466 e. The van der Waals surface area contributed by atoms with Crippen LogP contribution in [0.15, 0.2) is 97.1 Å². The van der Waals surface area contributed by atoms with Gasteiger partial charge in [0.05, 0.1) is 6.61 Å². The second-order valence-corrected chi connectivity index (χ2v) is 25.7. The Kier molecular flexibility index (Phi) is 39.3. The summed E-state index contributed by atoms with van der Waals surface area (Å²) in [5.74, 6) is -1.91. The topological polar surface area (TPSA) is 317 Å². The number of aromatic carboxylic acids is 2. The molecule has 0 atom stereocenters. The number of non-ortho nitro benzene ring substituents is 1. The van der Waals surface area contributed by atoms with E-state index in [2.05, 4.69) is 11.7 Å². The minimum atomic E-state index is -0.838. The van der Waals surface area contributed by atoms with E-state index in [1.807, 2.05) is 74.5 Å². The van der Waals surface area contributed by atoms with E-state index in [4.69, 9.17) is 40.7 Å². The Morgan fingerprint density at radius 1 is 0.494 bits per heavy atom. The number of unbranched alkanes of at least 4 members (excludes halogenated alkanes) is 2. The molecule has 8 rings (SSSR count). The van der Waals surface area contributed by atoms with Crippen molar-refractivity contribution in [2.45, 2.75) is 100 Å². The second-order valence-electron chi connectivity index (χ2n) is 16.6. The number of aliphatic hydroxyl groups excluding tert-OH is 3. The molecule has 4 aromatic carbocycles. The molecule has 0 bridgehead atoms. The number of carboxylic acid groups (broad SMARTS) is 2. The van der Waals surface area contributed by atoms with Crippen molar-refractivity contribution in [3.63, 3.8) is 0 Å². The summed E-state index contributed by atoms with van der Waals surface area (Å²) in [4.78, 5) is 88.3. The monoisotopic (exact) mass is 1420 g/mol. The van der Waals surface area contributed by atoms with E-state index in [0.29, 0.717) is 58.8 Å². The quantitative estimate of drug-likeness (QED) is 0.00885. The maximum Gasteiger partial charge on any atom is 0.302 e. The number of aliphatic hydroxyl groups is 3. The summed E-state index contributed by atoms with van der Waals surface area (Å²) in [6.45, 7) is 12.1. The van der Waals surface area contributed by atoms with Crippen molar-refractivity contribution in [3.8, 4) is 0 Å². The van der Waals surface area contributed by atoms with Crippen LogP contribution in [0.1, 0.15) is 136 Å². The predicted octanol–water partition coefficient (Wildman–Crippen LogP) is 9.46. The fourth-order valence-corrected chi connectivity index (χ4v) is 14.7. The summed E-state index contributed by atoms with van der Waals surface area (Å²) >= 11 is -0.260. The van der Waals surface area contributed by atoms with Crippen LogP contribution >= 0.6 is 0 Å². The number of rotatable bonds is 18. The van der Waals surface area contributed by atoms with Gasteiger partial charge in [0.25, 0.3) is 0 Å². The van der Waals surface area contributed by atoms with Gasteiger partial charge in [0.15, 0.2) is 0 Å². The summed E-state index contributed by atoms with van der Waals surface area (Å²) in [7, 11) is 3.00. The molecular formula is C60H76N2O17Se4. The second kappa shape index (κ2) is 42.5. The van der Waals surface area contributed by atoms with Gasteiger partial charge in [0.1, 0.15) is 0 Å². The number of ether oxygens (including phenoxy) is 3. The number of carbonyl (C=O) groups excluding carboxylic acids is 5. The maximum atomic E-state index is 11.9. The summed E-state index contributed by atoms with van der Waals surface area (Å²) in [6, 6.07) is 29.1. The molecule has 0 saturated heterocycles. The largest absolute Gasteiger partial charge is 0.466 e. The Hall–Kier alpha value is -6.31. The molecule has 0 radical (unpaired) electrons. The van der Waals surface area contributed by atoms with Crippen LogP contribution in [-0.4, -0.2) is 171 Å². The number of ketones is 2. The molecule has 0 saturated carbocycles. The normalized spacial score (nSPS) is 9.73. The third-order valence-electron chi connectivity index (χ3n) is 10.5. The molecule has 0 amide bonds. The van der Waals surface area contributed by atoms with Crippen molar-refractivity contribution in [2.24, 2.45) is 0 Å². The smallest absolute Gasteiger partial charge is 0.302 e. The molecule has 0 spiro atoms. The minimum absolute atomic E-state index is 0. The van der Waals surface area contributed by atoms with Gasteiger partial charge in [-0.3, -0.25) is 4.79 Å². The Labute approximate surface area is 507 Å². The van der Waals surface area contributed by atoms with Crippen molar-refractivity contribution in [1.29, 1.82) is 0 Å². The fraction of sp³-hybridized carbons (Fsp3) is 0.350. The van der Waals surface area contributed by atoms with E-state index < -0.39 is 16.9 Å². The number of nitro benzene ring substituents is 1. The number of carboxylic acids is 2. The summed E-state index contributed by atoms with van der Waals surface area (Å²) in [5.41, 5.74) is 8.41. The van der Waals surface area contributed by atoms with Crippen LogP contribution in [0.5, 0.6) is 0 Å². The van der Waals surface area contributed by atoms with Gasteiger partial charge in [-0.25, -0.2) is 0 Å². The summed E-state index contributed by atoms with van der Waals surface area (Å²) in [6.07, 6.45) is 6.22. The van der Waals surface area contributed by atoms with E-state index in [-0.39, 0.29) is 101 Å². The van der Waals surface area contributed by atoms with Crippen molar-refractivity contribution in [1.82, 2.24) is 0 Å². The van der Waals surface area contributed by atoms with Crippen LogP contribution in [0.2, 0.25) is 0 Å². The molecule has 0 fully saturated rings. The summed E-state index contributed by atoms with van der Waals surface area (Å²) in [5, 5.41) is 53.3. The van der Waals surface area contributed by atoms with E-state index in [0.717, 1.165) is 103 Å². The Morgan fingerprint density at radius 2 is 0.867 bits per heavy atom. The van der Waals surface area contributed by atoms with E-state index in [1.54, 1.807) is 38.1 Å². The number of hydrogen-bond donors (Lipinski definition) is 6. The predicted molar refractivity (Wildman–Crippen MR) is 330 cm³/mol. The van der Waals surface area contributed by atoms with Gasteiger partial charge in [-0.1, -0.05) is 7.43 Å². The number of fused-ring (bicyclic) bond motifs is 4. The van der Waals surface area contributed by atoms with E-state index >= 15 is 0 Å². The molecule has 23 heteroatoms. The van der Waals surface area contributed by atoms with Gasteiger partial charge in [-0.05, 0) is 6.92 Å². The van der Waals surface area contributed by atoms with E-state index in [1.165, 1.54) is 23.3 Å². The first-order valence-electron chi connectivity index (χ1n) is 25.6. The average Bonchev–Trinajstić information content (AvgIpc) is 4.50. The Balaban J connectivity index is 0.00000101. The Morgan fingerprint density at radius 3 is 1.24 bits per heavy atom. The van der Waals surface area contributed by atoms with Gasteiger partial charge < -0.3 is 20.1 Å². The van der Waals surface area contributed by atoms with Gasteiger partial charge in [0.2, 0.25) is 0 Å². The molecule has 0 aliphatic rings. The molecule has 83 heavy (non-hydrogen) atoms. The first-order chi connectivity index (χ1) is 39.3. The number of nitrogens with two attached hydrogens (primary N) is 1. The van der Waals surface area contributed by atoms with Gasteiger partial charge >= 0.3 is 437 Å². The Bertz CT molecular complexity index is 3320. The molecule has 7 N–H and O–H groups in total. The molecule has 4 aromatic heterocycles. The number of nitro groups is 1. The van der Waals surface area contributed by atoms with Gasteiger partial charge in [-0.15, -0.1) is 0 Å². The number of Topliss-reactive ketones (excluding diaryl/α,β-unsaturated/α-hetero) is 2. The molecule has 0 unspecified atom stereocenters. The average molecular weight is 1410 g/mol. The molecule has 452 valence electrons. The molecular weight excluding hydrogens is 1340 g/mol. The van der Waals surface area contributed by atoms with Gasteiger partial charge in [0, 0.05) is 28.3 Å². The van der Waals surface area contributed by atoms with Crippen LogP contribution in [0.25, 0.3) is 38.6 Å². The van der Waals surface area contributed by atoms with Gasteiger partial charge in [-0.2, -0.15) is 0 Å². The zero-order valence-electron chi connectivity index (χ0n) is 47.3. The standard InChI is InChI=1S/C16H18O3Se.C14H14O3Se.C11H9NO4Se.C11H11NO2Se.C4H8O2.3CH4O.CH4/c1-2-3-4-5-13(17)9-11-6-7-14-12(8-11)10-15(20-14)16(18)19;1-2-3-11(15)7-9-4-5-12-10(6-9)8-13(18-12)14(16)17;1-2-16-11(13)10-6-7-5-8(12(14)15)3-4-9(7)17-10;1-2-14-11(13)10-6-7-5-8(12)3-4-9(7)15-10;1-3-6-4(2)5;3*1-2;/h6-8,10H,2-5,9H2,1H3,(H,18,19);4-6,8H,2-3,7H2,1H3,(H,16,17);3-6H,2H2,1H3;3-6H,2,12H2,1H3;3H2,1-2H3;3*2H,1H3;1H4. The van der Waals surface area contributed by atoms with Crippen LogP contribution in [-0.2, 0) is 41.4 Å². The number of hydrogen-bond acceptors (Lipinski definition) is 16. The molecule has 0 aliphatic carbocycles. The van der Waals surface area contributed by atoms with Crippen molar-refractivity contribution in [3.05, 3.63) is 136 Å². The fourth-order valence-electron chi connectivity index (χ4n) is 7.11. The number of carbonyl (C=O) groups is 7. The van der Waals surface area contributed by atoms with Crippen molar-refractivity contribution >= 4 is 149 Å². The summed E-state index contributed by atoms with van der Waals surface area (Å²) < 4.78 is 21.0. The zero-order valence-corrected chi connectivity index (χ0v) is 54.2. The SMILES string of the molecule is C.CCCC(=O)Cc1ccc2[se]c(C(=O)O)cc2c1.CCCCCC(=O)Cc1ccc2[se]c(C(=O)O)cc2c1.CCOC(=O)c1cc2cc(N)ccc2[se]1.CCOC(=O)c1cc2cc([N+](=O)[O-])ccc2[se]1.CCOC(C)=O.CO.CO.CO. The van der Waals surface area contributed by atoms with E-state index in [9.17, 15) is 43.7 Å². The molecule has 8 aromatic rings. The zero-order chi connectivity index (χ0) is 61.9. The first-order valence-corrected chi connectivity index (χ1v) is 32.5. The number of benzene rings is 4. The number of esters is 3. The van der Waals surface area contributed by atoms with Crippen molar-refractivity contribution < 1.29 is 78.2 Å². The van der Waals surface area contributed by atoms with Crippen molar-refractivity contribution in [2.75, 3.05) is 46.9 Å². The third kappa shape index (κ3) is 27.3. The number of anilines is 1. The van der Waals surface area contributed by atoms with Crippen LogP contribution in [0, 0.1) is 10.1 Å². The number of nitrogen functional groups attached to an aromatic ring is 1. The van der Waals surface area contributed by atoms with Crippen LogP contribution < -0.4 is 5.73 Å². The van der Waals surface area contributed by atoms with Crippen LogP contribution in [0.4, 0.5) is 11.4 Å². The maximum absolute atomic E-state index is 11.9. The molecule has 0 aliphatic heterocycles.